The molecule has 5 aliphatic rings. The summed E-state index contributed by atoms with van der Waals surface area (Å²) in [6.07, 6.45) is 9.18. The van der Waals surface area contributed by atoms with Crippen LogP contribution in [-0.2, 0) is 11.2 Å². The number of hydrogen-bond acceptors (Lipinski definition) is 3. The van der Waals surface area contributed by atoms with Crippen molar-refractivity contribution in [2.24, 2.45) is 40.9 Å². The molecule has 1 aromatic rings. The molecule has 0 saturated heterocycles. The number of carbonyl (C=O) groups excluding carboxylic acids is 1. The van der Waals surface area contributed by atoms with E-state index in [4.69, 9.17) is 5.41 Å². The maximum atomic E-state index is 12.9. The third-order valence-corrected chi connectivity index (χ3v) is 10.4. The SMILES string of the molecule is CSC(=N)Nc1ccc(CC(=O)NCC2(C3CC4=C3CC4)C(C)C3C4CCC4C32)cc1. The molecule has 0 aromatic heterocycles. The van der Waals surface area contributed by atoms with Crippen LogP contribution < -0.4 is 10.6 Å². The third-order valence-electron chi connectivity index (χ3n) is 9.84. The Morgan fingerprint density at radius 1 is 1.19 bits per heavy atom. The molecule has 0 heterocycles. The van der Waals surface area contributed by atoms with Crippen LogP contribution in [0.5, 0.6) is 0 Å². The predicted octanol–water partition coefficient (Wildman–Crippen LogP) is 5.07. The van der Waals surface area contributed by atoms with Gasteiger partial charge in [0.25, 0.3) is 0 Å². The summed E-state index contributed by atoms with van der Waals surface area (Å²) in [7, 11) is 0. The van der Waals surface area contributed by atoms with Crippen molar-refractivity contribution in [2.45, 2.75) is 45.4 Å². The highest BCUT2D eigenvalue weighted by Crippen LogP contribution is 2.80. The number of thioether (sulfide) groups is 1. The van der Waals surface area contributed by atoms with Crippen LogP contribution in [-0.4, -0.2) is 23.9 Å². The van der Waals surface area contributed by atoms with Crippen LogP contribution >= 0.6 is 11.8 Å². The average molecular weight is 436 g/mol. The van der Waals surface area contributed by atoms with Crippen LogP contribution in [0.4, 0.5) is 5.69 Å². The highest BCUT2D eigenvalue weighted by molar-refractivity contribution is 8.13. The third kappa shape index (κ3) is 2.74. The molecule has 3 fully saturated rings. The van der Waals surface area contributed by atoms with Crippen LogP contribution in [0.2, 0.25) is 0 Å². The number of rotatable bonds is 6. The zero-order valence-electron chi connectivity index (χ0n) is 18.5. The van der Waals surface area contributed by atoms with Crippen LogP contribution in [0.15, 0.2) is 35.4 Å². The maximum Gasteiger partial charge on any atom is 0.224 e. The van der Waals surface area contributed by atoms with E-state index in [0.29, 0.717) is 17.0 Å². The number of carbonyl (C=O) groups is 1. The Morgan fingerprint density at radius 2 is 1.97 bits per heavy atom. The van der Waals surface area contributed by atoms with Gasteiger partial charge in [-0.05, 0) is 91.6 Å². The summed E-state index contributed by atoms with van der Waals surface area (Å²) in [4.78, 5) is 12.9. The van der Waals surface area contributed by atoms with Gasteiger partial charge in [-0.2, -0.15) is 0 Å². The molecule has 1 amide bonds. The maximum absolute atomic E-state index is 12.9. The Balaban J connectivity index is 1.11. The van der Waals surface area contributed by atoms with Crippen molar-refractivity contribution in [3.8, 4) is 0 Å². The van der Waals surface area contributed by atoms with Gasteiger partial charge in [0.2, 0.25) is 5.91 Å². The summed E-state index contributed by atoms with van der Waals surface area (Å²) in [6, 6.07) is 7.90. The van der Waals surface area contributed by atoms with Crippen molar-refractivity contribution in [1.29, 1.82) is 5.41 Å². The van der Waals surface area contributed by atoms with Crippen LogP contribution in [0.25, 0.3) is 0 Å². The molecule has 31 heavy (non-hydrogen) atoms. The van der Waals surface area contributed by atoms with Gasteiger partial charge < -0.3 is 10.6 Å². The minimum Gasteiger partial charge on any atom is -0.355 e. The molecule has 6 rings (SSSR count). The highest BCUT2D eigenvalue weighted by atomic mass is 32.2. The Labute approximate surface area is 189 Å². The van der Waals surface area contributed by atoms with Gasteiger partial charge in [0, 0.05) is 17.6 Å². The molecule has 0 bridgehead atoms. The second kappa shape index (κ2) is 7.13. The lowest BCUT2D eigenvalue weighted by molar-refractivity contribution is -0.312. The number of hydrogen-bond donors (Lipinski definition) is 3. The number of amides is 1. The standard InChI is InChI=1S/C26H33N3OS/c1-14-23-19-9-10-20(19)24(23)26(14,21-12-16-5-8-18(16)21)13-28-22(30)11-15-3-6-17(7-4-15)29-25(27)31-2/h3-4,6-7,14,19-21,23-24H,5,8-13H2,1-2H3,(H2,27,29)(H,28,30). The summed E-state index contributed by atoms with van der Waals surface area (Å²) in [5.41, 5.74) is 5.79. The first-order valence-corrected chi connectivity index (χ1v) is 13.2. The molecule has 7 unspecified atom stereocenters. The van der Waals surface area contributed by atoms with E-state index in [-0.39, 0.29) is 5.91 Å². The van der Waals surface area contributed by atoms with Crippen molar-refractivity contribution < 1.29 is 4.79 Å². The van der Waals surface area contributed by atoms with E-state index in [0.717, 1.165) is 53.3 Å². The van der Waals surface area contributed by atoms with Gasteiger partial charge in [-0.3, -0.25) is 10.2 Å². The first kappa shape index (κ1) is 19.9. The topological polar surface area (TPSA) is 65.0 Å². The van der Waals surface area contributed by atoms with Gasteiger partial charge in [0.1, 0.15) is 0 Å². The summed E-state index contributed by atoms with van der Waals surface area (Å²) >= 11 is 1.38. The number of benzene rings is 1. The quantitative estimate of drug-likeness (QED) is 0.332. The minimum atomic E-state index is 0.152. The Morgan fingerprint density at radius 3 is 2.55 bits per heavy atom. The lowest BCUT2D eigenvalue weighted by Crippen LogP contribution is -2.77. The predicted molar refractivity (Wildman–Crippen MR) is 127 cm³/mol. The number of anilines is 1. The second-order valence-corrected chi connectivity index (χ2v) is 11.4. The lowest BCUT2D eigenvalue weighted by atomic mass is 9.24. The molecule has 5 heteroatoms. The smallest absolute Gasteiger partial charge is 0.224 e. The molecule has 0 aliphatic heterocycles. The second-order valence-electron chi connectivity index (χ2n) is 10.6. The van der Waals surface area contributed by atoms with Gasteiger partial charge in [0.15, 0.2) is 5.17 Å². The molecule has 3 N–H and O–H groups in total. The fourth-order valence-electron chi connectivity index (χ4n) is 8.06. The van der Waals surface area contributed by atoms with Gasteiger partial charge >= 0.3 is 0 Å². The first-order valence-electron chi connectivity index (χ1n) is 12.0. The summed E-state index contributed by atoms with van der Waals surface area (Å²) in [5.74, 6) is 5.46. The Hall–Kier alpha value is -1.75. The molecule has 1 aromatic carbocycles. The van der Waals surface area contributed by atoms with Gasteiger partial charge in [-0.25, -0.2) is 0 Å². The summed E-state index contributed by atoms with van der Waals surface area (Å²) in [5, 5.41) is 14.6. The van der Waals surface area contributed by atoms with Crippen LogP contribution in [0.3, 0.4) is 0 Å². The Kier molecular flexibility index (Phi) is 4.58. The molecule has 3 saturated carbocycles. The first-order chi connectivity index (χ1) is 15.0. The van der Waals surface area contributed by atoms with Crippen molar-refractivity contribution in [3.63, 3.8) is 0 Å². The number of amidine groups is 1. The molecular formula is C26H33N3OS. The van der Waals surface area contributed by atoms with E-state index in [2.05, 4.69) is 17.6 Å². The van der Waals surface area contributed by atoms with Crippen LogP contribution in [0.1, 0.15) is 44.6 Å². The monoisotopic (exact) mass is 435 g/mol. The van der Waals surface area contributed by atoms with Crippen LogP contribution in [0, 0.1) is 46.3 Å². The van der Waals surface area contributed by atoms with E-state index in [9.17, 15) is 4.79 Å². The van der Waals surface area contributed by atoms with E-state index < -0.39 is 0 Å². The van der Waals surface area contributed by atoms with Gasteiger partial charge in [-0.15, -0.1) is 0 Å². The Bertz CT molecular complexity index is 969. The average Bonchev–Trinajstić information content (AvgIpc) is 2.74. The van der Waals surface area contributed by atoms with Crippen molar-refractivity contribution in [3.05, 3.63) is 41.0 Å². The van der Waals surface area contributed by atoms with Gasteiger partial charge in [0.05, 0.1) is 6.42 Å². The fraction of sp³-hybridized carbons (Fsp3) is 0.615. The summed E-state index contributed by atoms with van der Waals surface area (Å²) < 4.78 is 0. The summed E-state index contributed by atoms with van der Waals surface area (Å²) in [6.45, 7) is 3.38. The minimum absolute atomic E-state index is 0.152. The molecule has 164 valence electrons. The number of allylic oxidation sites excluding steroid dienone is 2. The molecular weight excluding hydrogens is 402 g/mol. The normalized spacial score (nSPS) is 38.6. The zero-order chi connectivity index (χ0) is 21.3. The molecule has 7 atom stereocenters. The van der Waals surface area contributed by atoms with E-state index in [1.165, 1.54) is 43.9 Å². The highest BCUT2D eigenvalue weighted by Gasteiger charge is 2.76. The molecule has 5 aliphatic carbocycles. The van der Waals surface area contributed by atoms with E-state index in [1.807, 2.05) is 30.5 Å². The molecule has 0 radical (unpaired) electrons. The van der Waals surface area contributed by atoms with Crippen molar-refractivity contribution in [1.82, 2.24) is 5.32 Å². The van der Waals surface area contributed by atoms with Crippen molar-refractivity contribution in [2.75, 3.05) is 18.1 Å². The zero-order valence-corrected chi connectivity index (χ0v) is 19.4. The number of fused-ring (bicyclic) bond motifs is 4. The molecule has 4 nitrogen and oxygen atoms in total. The molecule has 0 spiro atoms. The number of nitrogens with one attached hydrogen (secondary N) is 3. The van der Waals surface area contributed by atoms with Gasteiger partial charge in [-0.1, -0.05) is 42.0 Å². The largest absolute Gasteiger partial charge is 0.355 e. The van der Waals surface area contributed by atoms with E-state index >= 15 is 0 Å². The van der Waals surface area contributed by atoms with Crippen molar-refractivity contribution >= 4 is 28.5 Å². The van der Waals surface area contributed by atoms with E-state index in [1.54, 1.807) is 11.1 Å². The lowest BCUT2D eigenvalue weighted by Gasteiger charge is -2.80. The fourth-order valence-corrected chi connectivity index (χ4v) is 8.28.